The third-order valence-electron chi connectivity index (χ3n) is 2.60. The van der Waals surface area contributed by atoms with Crippen molar-refractivity contribution in [2.75, 3.05) is 0 Å². The van der Waals surface area contributed by atoms with Crippen LogP contribution in [0.25, 0.3) is 0 Å². The largest absolute Gasteiger partial charge is 0.269 e. The van der Waals surface area contributed by atoms with Crippen molar-refractivity contribution in [2.24, 2.45) is 0 Å². The summed E-state index contributed by atoms with van der Waals surface area (Å²) in [6, 6.07) is 4.99. The first kappa shape index (κ1) is 12.4. The van der Waals surface area contributed by atoms with Gasteiger partial charge in [-0.25, -0.2) is 0 Å². The molecule has 0 fully saturated rings. The molecule has 0 unspecified atom stereocenters. The monoisotopic (exact) mass is 218 g/mol. The third kappa shape index (κ3) is 2.48. The summed E-state index contributed by atoms with van der Waals surface area (Å²) in [7, 11) is 0. The summed E-state index contributed by atoms with van der Waals surface area (Å²) in [5, 5.41) is 10.7. The predicted octanol–water partition coefficient (Wildman–Crippen LogP) is 3.85. The number of rotatable bonds is 4. The molecule has 0 heterocycles. The van der Waals surface area contributed by atoms with Gasteiger partial charge in [-0.3, -0.25) is 10.1 Å². The van der Waals surface area contributed by atoms with Crippen LogP contribution in [0.2, 0.25) is 0 Å². The van der Waals surface area contributed by atoms with Gasteiger partial charge in [0.15, 0.2) is 0 Å². The molecule has 0 aliphatic carbocycles. The van der Waals surface area contributed by atoms with Crippen LogP contribution in [0.3, 0.4) is 0 Å². The number of benzene rings is 1. The molecule has 0 aliphatic rings. The second-order valence-corrected chi connectivity index (χ2v) is 4.07. The van der Waals surface area contributed by atoms with Crippen LogP contribution in [0.5, 0.6) is 0 Å². The number of nitrogens with zero attached hydrogens (tertiary/aromatic N) is 1. The molecule has 1 rings (SSSR count). The molecule has 16 heavy (non-hydrogen) atoms. The molecule has 0 saturated carbocycles. The molecular weight excluding hydrogens is 202 g/mol. The number of nitro benzene ring substituents is 1. The highest BCUT2D eigenvalue weighted by Gasteiger charge is 2.15. The Hall–Kier alpha value is -1.64. The molecule has 1 aromatic carbocycles. The summed E-state index contributed by atoms with van der Waals surface area (Å²) in [6.07, 6.45) is 1.73. The van der Waals surface area contributed by atoms with Gasteiger partial charge in [-0.15, -0.1) is 6.58 Å². The lowest BCUT2D eigenvalue weighted by Crippen LogP contribution is -2.01. The van der Waals surface area contributed by atoms with Crippen LogP contribution in [0.4, 0.5) is 5.69 Å². The van der Waals surface area contributed by atoms with Crippen LogP contribution < -0.4 is 0 Å². The van der Waals surface area contributed by atoms with E-state index in [1.807, 2.05) is 13.0 Å². The number of hydrogen-bond donors (Lipinski definition) is 0. The normalized spacial score (nSPS) is 10.8. The molecule has 0 saturated heterocycles. The maximum atomic E-state index is 10.7. The van der Waals surface area contributed by atoms with Gasteiger partial charge >= 0.3 is 0 Å². The minimum atomic E-state index is -0.371. The molecular formula is C13H16NO2. The zero-order chi connectivity index (χ0) is 12.3. The maximum Gasteiger partial charge on any atom is 0.269 e. The third-order valence-corrected chi connectivity index (χ3v) is 2.60. The Bertz CT molecular complexity index is 410. The Labute approximate surface area is 95.9 Å². The fourth-order valence-corrected chi connectivity index (χ4v) is 1.61. The first-order valence-electron chi connectivity index (χ1n) is 5.22. The van der Waals surface area contributed by atoms with Gasteiger partial charge in [0.25, 0.3) is 5.69 Å². The van der Waals surface area contributed by atoms with Crippen molar-refractivity contribution < 1.29 is 4.92 Å². The lowest BCUT2D eigenvalue weighted by atomic mass is 9.89. The average molecular weight is 218 g/mol. The van der Waals surface area contributed by atoms with Gasteiger partial charge in [0.1, 0.15) is 0 Å². The van der Waals surface area contributed by atoms with Crippen LogP contribution in [-0.2, 0) is 0 Å². The maximum absolute atomic E-state index is 10.7. The number of non-ortho nitro benzene ring substituents is 1. The molecule has 0 bridgehead atoms. The highest BCUT2D eigenvalue weighted by Crippen LogP contribution is 2.29. The van der Waals surface area contributed by atoms with Crippen molar-refractivity contribution in [3.05, 3.63) is 58.0 Å². The van der Waals surface area contributed by atoms with Gasteiger partial charge in [-0.1, -0.05) is 32.9 Å². The van der Waals surface area contributed by atoms with E-state index in [9.17, 15) is 10.1 Å². The van der Waals surface area contributed by atoms with Crippen LogP contribution in [0, 0.1) is 16.0 Å². The lowest BCUT2D eigenvalue weighted by Gasteiger charge is -2.15. The zero-order valence-corrected chi connectivity index (χ0v) is 9.86. The van der Waals surface area contributed by atoms with E-state index in [-0.39, 0.29) is 10.6 Å². The van der Waals surface area contributed by atoms with Crippen molar-refractivity contribution >= 4 is 5.69 Å². The molecule has 3 nitrogen and oxygen atoms in total. The van der Waals surface area contributed by atoms with Gasteiger partial charge in [-0.2, -0.15) is 0 Å². The van der Waals surface area contributed by atoms with Crippen molar-refractivity contribution in [1.82, 2.24) is 0 Å². The topological polar surface area (TPSA) is 43.1 Å². The molecule has 0 spiro atoms. The second kappa shape index (κ2) is 4.92. The van der Waals surface area contributed by atoms with Gasteiger partial charge in [-0.05, 0) is 17.0 Å². The summed E-state index contributed by atoms with van der Waals surface area (Å²) in [6.45, 7) is 9.76. The molecule has 3 heteroatoms. The molecule has 1 radical (unpaired) electrons. The fraction of sp³-hybridized carbons (Fsp3) is 0.308. The molecule has 0 atom stereocenters. The SMILES string of the molecule is C=C[C](C)c1cc([N+](=O)[O-])ccc1C(C)C. The summed E-state index contributed by atoms with van der Waals surface area (Å²) >= 11 is 0. The molecule has 0 aromatic heterocycles. The molecule has 0 N–H and O–H groups in total. The highest BCUT2D eigenvalue weighted by molar-refractivity contribution is 5.49. The van der Waals surface area contributed by atoms with E-state index in [2.05, 4.69) is 20.4 Å². The average Bonchev–Trinajstić information content (AvgIpc) is 2.26. The number of allylic oxidation sites excluding steroid dienone is 1. The second-order valence-electron chi connectivity index (χ2n) is 4.07. The lowest BCUT2D eigenvalue weighted by molar-refractivity contribution is -0.384. The Balaban J connectivity index is 3.31. The molecule has 0 amide bonds. The summed E-state index contributed by atoms with van der Waals surface area (Å²) < 4.78 is 0. The first-order chi connectivity index (χ1) is 7.47. The van der Waals surface area contributed by atoms with Crippen molar-refractivity contribution in [2.45, 2.75) is 26.7 Å². The Morgan fingerprint density at radius 3 is 2.56 bits per heavy atom. The van der Waals surface area contributed by atoms with E-state index >= 15 is 0 Å². The van der Waals surface area contributed by atoms with E-state index in [1.165, 1.54) is 0 Å². The first-order valence-corrected chi connectivity index (χ1v) is 5.22. The van der Waals surface area contributed by atoms with Gasteiger partial charge in [0.05, 0.1) is 4.92 Å². The van der Waals surface area contributed by atoms with Gasteiger partial charge in [0.2, 0.25) is 0 Å². The van der Waals surface area contributed by atoms with Crippen molar-refractivity contribution in [3.63, 3.8) is 0 Å². The Morgan fingerprint density at radius 1 is 1.50 bits per heavy atom. The Morgan fingerprint density at radius 2 is 2.12 bits per heavy atom. The van der Waals surface area contributed by atoms with E-state index < -0.39 is 0 Å². The van der Waals surface area contributed by atoms with E-state index in [0.29, 0.717) is 5.92 Å². The van der Waals surface area contributed by atoms with Crippen LogP contribution in [-0.4, -0.2) is 4.92 Å². The van der Waals surface area contributed by atoms with Gasteiger partial charge < -0.3 is 0 Å². The summed E-state index contributed by atoms with van der Waals surface area (Å²) in [5.74, 6) is 1.30. The van der Waals surface area contributed by atoms with E-state index in [1.54, 1.807) is 18.2 Å². The quantitative estimate of drug-likeness (QED) is 0.569. The molecule has 0 aliphatic heterocycles. The fourth-order valence-electron chi connectivity index (χ4n) is 1.61. The smallest absolute Gasteiger partial charge is 0.258 e. The summed E-state index contributed by atoms with van der Waals surface area (Å²) in [4.78, 5) is 10.3. The van der Waals surface area contributed by atoms with Gasteiger partial charge in [0, 0.05) is 18.1 Å². The highest BCUT2D eigenvalue weighted by atomic mass is 16.6. The summed E-state index contributed by atoms with van der Waals surface area (Å²) in [5.41, 5.74) is 2.16. The van der Waals surface area contributed by atoms with E-state index in [0.717, 1.165) is 17.0 Å². The molecule has 1 aromatic rings. The minimum absolute atomic E-state index is 0.126. The standard InChI is InChI=1S/C13H16NO2/c1-5-10(4)13-8-11(14(15)16)6-7-12(13)9(2)3/h5-9H,1H2,2-4H3. The minimum Gasteiger partial charge on any atom is -0.258 e. The van der Waals surface area contributed by atoms with Crippen LogP contribution >= 0.6 is 0 Å². The number of hydrogen-bond acceptors (Lipinski definition) is 2. The molecule has 85 valence electrons. The van der Waals surface area contributed by atoms with Crippen LogP contribution in [0.1, 0.15) is 37.8 Å². The Kier molecular flexibility index (Phi) is 3.82. The number of nitro groups is 1. The van der Waals surface area contributed by atoms with E-state index in [4.69, 9.17) is 0 Å². The van der Waals surface area contributed by atoms with Crippen molar-refractivity contribution in [1.29, 1.82) is 0 Å². The van der Waals surface area contributed by atoms with Crippen LogP contribution in [0.15, 0.2) is 30.9 Å². The zero-order valence-electron chi connectivity index (χ0n) is 9.86. The van der Waals surface area contributed by atoms with Crippen molar-refractivity contribution in [3.8, 4) is 0 Å². The predicted molar refractivity (Wildman–Crippen MR) is 65.4 cm³/mol.